The number of piperazine rings is 1. The van der Waals surface area contributed by atoms with Crippen molar-refractivity contribution < 1.29 is 22.7 Å². The van der Waals surface area contributed by atoms with Gasteiger partial charge in [0.2, 0.25) is 10.0 Å². The summed E-state index contributed by atoms with van der Waals surface area (Å²) in [6.07, 6.45) is 1.19. The molecule has 142 valence electrons. The Morgan fingerprint density at radius 2 is 1.58 bits per heavy atom. The van der Waals surface area contributed by atoms with E-state index < -0.39 is 10.0 Å². The molecule has 9 heteroatoms. The first-order valence-corrected chi connectivity index (χ1v) is 10.1. The molecule has 0 N–H and O–H groups in total. The molecule has 1 aromatic carbocycles. The minimum absolute atomic E-state index is 0.116. The van der Waals surface area contributed by atoms with Crippen LogP contribution in [0.4, 0.5) is 0 Å². The first kappa shape index (κ1) is 18.5. The fourth-order valence-electron chi connectivity index (χ4n) is 3.25. The number of carbonyl (C=O) groups excluding carboxylic acids is 1. The lowest BCUT2D eigenvalue weighted by atomic mass is 10.2. The van der Waals surface area contributed by atoms with Crippen molar-refractivity contribution in [3.8, 4) is 11.5 Å². The Morgan fingerprint density at radius 1 is 1.00 bits per heavy atom. The number of hydrogen-bond acceptors (Lipinski definition) is 5. The van der Waals surface area contributed by atoms with E-state index in [2.05, 4.69) is 0 Å². The summed E-state index contributed by atoms with van der Waals surface area (Å²) in [4.78, 5) is 14.6. The van der Waals surface area contributed by atoms with E-state index in [0.29, 0.717) is 43.4 Å². The molecule has 0 spiro atoms. The van der Waals surface area contributed by atoms with E-state index in [9.17, 15) is 13.2 Å². The number of methoxy groups -OCH3 is 2. The molecule has 1 saturated heterocycles. The Balaban J connectivity index is 1.88. The molecule has 2 heterocycles. The smallest absolute Gasteiger partial charge is 0.270 e. The average Bonchev–Trinajstić information content (AvgIpc) is 2.95. The van der Waals surface area contributed by atoms with Crippen molar-refractivity contribution in [3.63, 3.8) is 0 Å². The van der Waals surface area contributed by atoms with Crippen LogP contribution >= 0.6 is 0 Å². The van der Waals surface area contributed by atoms with E-state index in [1.54, 1.807) is 19.1 Å². The third kappa shape index (κ3) is 3.24. The summed E-state index contributed by atoms with van der Waals surface area (Å²) in [6.45, 7) is 1.38. The summed E-state index contributed by atoms with van der Waals surface area (Å²) in [5.41, 5.74) is 1.41. The molecule has 1 aliphatic rings. The van der Waals surface area contributed by atoms with Crippen molar-refractivity contribution >= 4 is 26.8 Å². The molecule has 1 aromatic heterocycles. The summed E-state index contributed by atoms with van der Waals surface area (Å²) >= 11 is 0. The van der Waals surface area contributed by atoms with Crippen LogP contribution in [0.25, 0.3) is 10.9 Å². The summed E-state index contributed by atoms with van der Waals surface area (Å²) in [5.74, 6) is 1.09. The summed E-state index contributed by atoms with van der Waals surface area (Å²) in [5, 5.41) is 0.878. The Bertz CT molecular complexity index is 943. The normalized spacial score (nSPS) is 16.1. The molecule has 0 aliphatic carbocycles. The van der Waals surface area contributed by atoms with Crippen LogP contribution in [-0.2, 0) is 17.1 Å². The molecule has 8 nitrogen and oxygen atoms in total. The van der Waals surface area contributed by atoms with E-state index in [0.717, 1.165) is 10.9 Å². The fourth-order valence-corrected chi connectivity index (χ4v) is 4.08. The summed E-state index contributed by atoms with van der Waals surface area (Å²) in [6, 6.07) is 5.50. The number of benzene rings is 1. The molecule has 0 unspecified atom stereocenters. The molecule has 0 atom stereocenters. The second-order valence-electron chi connectivity index (χ2n) is 6.31. The van der Waals surface area contributed by atoms with Gasteiger partial charge < -0.3 is 18.9 Å². The predicted octanol–water partition coefficient (Wildman–Crippen LogP) is 0.913. The van der Waals surface area contributed by atoms with E-state index in [1.165, 1.54) is 10.6 Å². The monoisotopic (exact) mass is 381 g/mol. The Morgan fingerprint density at radius 3 is 2.12 bits per heavy atom. The highest BCUT2D eigenvalue weighted by Crippen LogP contribution is 2.33. The quantitative estimate of drug-likeness (QED) is 0.786. The molecule has 1 aliphatic heterocycles. The number of hydrogen-bond donors (Lipinski definition) is 0. The SMILES string of the molecule is COc1cc2cc(C(=O)N3CCN(S(C)(=O)=O)CC3)n(C)c2cc1OC. The molecule has 0 radical (unpaired) electrons. The fraction of sp³-hybridized carbons (Fsp3) is 0.471. The lowest BCUT2D eigenvalue weighted by molar-refractivity contribution is 0.0689. The van der Waals surface area contributed by atoms with Crippen LogP contribution in [0.15, 0.2) is 18.2 Å². The first-order valence-electron chi connectivity index (χ1n) is 8.22. The second kappa shape index (κ2) is 6.81. The van der Waals surface area contributed by atoms with Gasteiger partial charge in [0.25, 0.3) is 5.91 Å². The summed E-state index contributed by atoms with van der Waals surface area (Å²) < 4.78 is 37.1. The van der Waals surface area contributed by atoms with Gasteiger partial charge in [-0.1, -0.05) is 0 Å². The van der Waals surface area contributed by atoms with Crippen molar-refractivity contribution in [3.05, 3.63) is 23.9 Å². The van der Waals surface area contributed by atoms with E-state index in [1.807, 2.05) is 29.8 Å². The van der Waals surface area contributed by atoms with Gasteiger partial charge in [-0.05, 0) is 12.1 Å². The zero-order valence-electron chi connectivity index (χ0n) is 15.4. The highest BCUT2D eigenvalue weighted by Gasteiger charge is 2.28. The van der Waals surface area contributed by atoms with Gasteiger partial charge in [0.1, 0.15) is 5.69 Å². The van der Waals surface area contributed by atoms with Crippen molar-refractivity contribution in [2.75, 3.05) is 46.7 Å². The van der Waals surface area contributed by atoms with Gasteiger partial charge in [0.05, 0.1) is 26.0 Å². The second-order valence-corrected chi connectivity index (χ2v) is 8.29. The Kier molecular flexibility index (Phi) is 4.85. The molecule has 2 aromatic rings. The summed E-state index contributed by atoms with van der Waals surface area (Å²) in [7, 11) is 1.75. The van der Waals surface area contributed by atoms with Gasteiger partial charge >= 0.3 is 0 Å². The minimum atomic E-state index is -3.22. The number of ether oxygens (including phenoxy) is 2. The van der Waals surface area contributed by atoms with Crippen LogP contribution in [0.2, 0.25) is 0 Å². The number of carbonyl (C=O) groups is 1. The topological polar surface area (TPSA) is 81.1 Å². The van der Waals surface area contributed by atoms with Gasteiger partial charge in [-0.2, -0.15) is 4.31 Å². The van der Waals surface area contributed by atoms with Crippen LogP contribution in [0, 0.1) is 0 Å². The highest BCUT2D eigenvalue weighted by molar-refractivity contribution is 7.88. The van der Waals surface area contributed by atoms with E-state index in [-0.39, 0.29) is 5.91 Å². The third-order valence-corrected chi connectivity index (χ3v) is 6.06. The average molecular weight is 381 g/mol. The maximum atomic E-state index is 12.9. The maximum Gasteiger partial charge on any atom is 0.270 e. The van der Waals surface area contributed by atoms with Crippen molar-refractivity contribution in [2.45, 2.75) is 0 Å². The Labute approximate surface area is 152 Å². The third-order valence-electron chi connectivity index (χ3n) is 4.76. The zero-order valence-corrected chi connectivity index (χ0v) is 16.2. The standard InChI is InChI=1S/C17H23N3O5S/c1-18-13-11-16(25-3)15(24-2)10-12(13)9-14(18)17(21)19-5-7-20(8-6-19)26(4,22)23/h9-11H,5-8H2,1-4H3. The van der Waals surface area contributed by atoms with E-state index in [4.69, 9.17) is 9.47 Å². The molecular weight excluding hydrogens is 358 g/mol. The van der Waals surface area contributed by atoms with Crippen molar-refractivity contribution in [2.24, 2.45) is 7.05 Å². The van der Waals surface area contributed by atoms with Crippen LogP contribution in [0.3, 0.4) is 0 Å². The minimum Gasteiger partial charge on any atom is -0.493 e. The first-order chi connectivity index (χ1) is 12.3. The van der Waals surface area contributed by atoms with E-state index >= 15 is 0 Å². The maximum absolute atomic E-state index is 12.9. The van der Waals surface area contributed by atoms with Gasteiger partial charge in [-0.15, -0.1) is 0 Å². The highest BCUT2D eigenvalue weighted by atomic mass is 32.2. The predicted molar refractivity (Wildman–Crippen MR) is 98.3 cm³/mol. The molecule has 1 fully saturated rings. The molecule has 3 rings (SSSR count). The largest absolute Gasteiger partial charge is 0.493 e. The van der Waals surface area contributed by atoms with Crippen LogP contribution in [0.5, 0.6) is 11.5 Å². The van der Waals surface area contributed by atoms with Gasteiger partial charge in [0.15, 0.2) is 11.5 Å². The van der Waals surface area contributed by atoms with Gasteiger partial charge in [-0.25, -0.2) is 8.42 Å². The van der Waals surface area contributed by atoms with Gasteiger partial charge in [-0.3, -0.25) is 4.79 Å². The molecule has 26 heavy (non-hydrogen) atoms. The van der Waals surface area contributed by atoms with Crippen molar-refractivity contribution in [1.82, 2.24) is 13.8 Å². The number of fused-ring (bicyclic) bond motifs is 1. The molecule has 1 amide bonds. The van der Waals surface area contributed by atoms with Crippen LogP contribution in [0.1, 0.15) is 10.5 Å². The number of aromatic nitrogens is 1. The van der Waals surface area contributed by atoms with Crippen LogP contribution < -0.4 is 9.47 Å². The number of sulfonamides is 1. The molecular formula is C17H23N3O5S. The number of aryl methyl sites for hydroxylation is 1. The Hall–Kier alpha value is -2.26. The lowest BCUT2D eigenvalue weighted by Crippen LogP contribution is -2.50. The number of rotatable bonds is 4. The molecule has 0 bridgehead atoms. The van der Waals surface area contributed by atoms with Gasteiger partial charge in [0, 0.05) is 44.7 Å². The lowest BCUT2D eigenvalue weighted by Gasteiger charge is -2.33. The zero-order chi connectivity index (χ0) is 19.1. The van der Waals surface area contributed by atoms with Crippen LogP contribution in [-0.4, -0.2) is 74.8 Å². The molecule has 0 saturated carbocycles. The van der Waals surface area contributed by atoms with Crippen molar-refractivity contribution in [1.29, 1.82) is 0 Å². The number of amides is 1. The number of nitrogens with zero attached hydrogens (tertiary/aromatic N) is 3.